The SMILES string of the molecule is Cc1cc(C(O)c2ccccc2C(C)(C)C)ccc1F. The Morgan fingerprint density at radius 2 is 1.70 bits per heavy atom. The van der Waals surface area contributed by atoms with E-state index in [1.807, 2.05) is 24.3 Å². The van der Waals surface area contributed by atoms with Crippen molar-refractivity contribution in [3.05, 3.63) is 70.5 Å². The number of benzene rings is 2. The molecule has 0 aliphatic heterocycles. The molecule has 1 nitrogen and oxygen atoms in total. The predicted molar refractivity (Wildman–Crippen MR) is 80.3 cm³/mol. The number of aliphatic hydroxyl groups is 1. The third kappa shape index (κ3) is 2.91. The molecule has 1 atom stereocenters. The van der Waals surface area contributed by atoms with Gasteiger partial charge in [-0.25, -0.2) is 4.39 Å². The number of hydrogen-bond donors (Lipinski definition) is 1. The Morgan fingerprint density at radius 3 is 2.30 bits per heavy atom. The first-order chi connectivity index (χ1) is 9.30. The summed E-state index contributed by atoms with van der Waals surface area (Å²) in [5.74, 6) is -0.245. The molecule has 0 amide bonds. The Labute approximate surface area is 120 Å². The van der Waals surface area contributed by atoms with Gasteiger partial charge in [-0.05, 0) is 40.7 Å². The summed E-state index contributed by atoms with van der Waals surface area (Å²) < 4.78 is 13.4. The fourth-order valence-corrected chi connectivity index (χ4v) is 2.44. The Hall–Kier alpha value is -1.67. The van der Waals surface area contributed by atoms with Gasteiger partial charge in [0, 0.05) is 0 Å². The van der Waals surface area contributed by atoms with Gasteiger partial charge in [0.2, 0.25) is 0 Å². The molecule has 0 saturated heterocycles. The molecule has 0 bridgehead atoms. The maximum absolute atomic E-state index is 13.4. The quantitative estimate of drug-likeness (QED) is 0.852. The number of aliphatic hydroxyl groups excluding tert-OH is 1. The molecule has 1 unspecified atom stereocenters. The van der Waals surface area contributed by atoms with Crippen molar-refractivity contribution in [3.63, 3.8) is 0 Å². The van der Waals surface area contributed by atoms with Crippen molar-refractivity contribution >= 4 is 0 Å². The zero-order chi connectivity index (χ0) is 14.9. The summed E-state index contributed by atoms with van der Waals surface area (Å²) in [6.45, 7) is 8.07. The lowest BCUT2D eigenvalue weighted by atomic mass is 9.81. The van der Waals surface area contributed by atoms with E-state index < -0.39 is 6.10 Å². The highest BCUT2D eigenvalue weighted by atomic mass is 19.1. The van der Waals surface area contributed by atoms with Crippen molar-refractivity contribution in [1.29, 1.82) is 0 Å². The lowest BCUT2D eigenvalue weighted by Gasteiger charge is -2.25. The van der Waals surface area contributed by atoms with Crippen LogP contribution in [-0.4, -0.2) is 5.11 Å². The smallest absolute Gasteiger partial charge is 0.126 e. The molecule has 0 radical (unpaired) electrons. The second-order valence-electron chi connectivity index (χ2n) is 6.25. The van der Waals surface area contributed by atoms with Gasteiger partial charge in [-0.1, -0.05) is 57.2 Å². The van der Waals surface area contributed by atoms with Gasteiger partial charge in [0.1, 0.15) is 11.9 Å². The van der Waals surface area contributed by atoms with E-state index in [-0.39, 0.29) is 11.2 Å². The van der Waals surface area contributed by atoms with Gasteiger partial charge in [-0.15, -0.1) is 0 Å². The lowest BCUT2D eigenvalue weighted by molar-refractivity contribution is 0.217. The minimum atomic E-state index is -0.732. The molecule has 0 aliphatic rings. The van der Waals surface area contributed by atoms with E-state index in [1.54, 1.807) is 19.1 Å². The van der Waals surface area contributed by atoms with Crippen LogP contribution in [0.3, 0.4) is 0 Å². The summed E-state index contributed by atoms with van der Waals surface area (Å²) in [5.41, 5.74) is 3.21. The average molecular weight is 272 g/mol. The van der Waals surface area contributed by atoms with E-state index in [0.717, 1.165) is 16.7 Å². The van der Waals surface area contributed by atoms with Gasteiger partial charge >= 0.3 is 0 Å². The maximum Gasteiger partial charge on any atom is 0.126 e. The molecule has 106 valence electrons. The number of hydrogen-bond acceptors (Lipinski definition) is 1. The fraction of sp³-hybridized carbons (Fsp3) is 0.333. The minimum absolute atomic E-state index is 0.0490. The molecule has 0 heterocycles. The summed E-state index contributed by atoms with van der Waals surface area (Å²) in [4.78, 5) is 0. The van der Waals surface area contributed by atoms with Crippen LogP contribution in [0.5, 0.6) is 0 Å². The van der Waals surface area contributed by atoms with E-state index in [0.29, 0.717) is 5.56 Å². The maximum atomic E-state index is 13.4. The minimum Gasteiger partial charge on any atom is -0.384 e. The topological polar surface area (TPSA) is 20.2 Å². The van der Waals surface area contributed by atoms with E-state index >= 15 is 0 Å². The van der Waals surface area contributed by atoms with Crippen LogP contribution in [0.2, 0.25) is 0 Å². The molecule has 1 N–H and O–H groups in total. The normalized spacial score (nSPS) is 13.3. The number of halogens is 1. The molecule has 2 aromatic rings. The van der Waals surface area contributed by atoms with Crippen molar-refractivity contribution in [3.8, 4) is 0 Å². The summed E-state index contributed by atoms with van der Waals surface area (Å²) in [7, 11) is 0. The summed E-state index contributed by atoms with van der Waals surface area (Å²) in [6.07, 6.45) is -0.732. The zero-order valence-corrected chi connectivity index (χ0v) is 12.4. The molecular weight excluding hydrogens is 251 g/mol. The van der Waals surface area contributed by atoms with Crippen LogP contribution < -0.4 is 0 Å². The molecule has 0 fully saturated rings. The third-order valence-electron chi connectivity index (χ3n) is 3.56. The molecule has 2 rings (SSSR count). The Kier molecular flexibility index (Phi) is 3.96. The first kappa shape index (κ1) is 14.7. The molecule has 2 heteroatoms. The third-order valence-corrected chi connectivity index (χ3v) is 3.56. The van der Waals surface area contributed by atoms with E-state index in [9.17, 15) is 9.50 Å². The monoisotopic (exact) mass is 272 g/mol. The molecular formula is C18H21FO. The Morgan fingerprint density at radius 1 is 1.05 bits per heavy atom. The average Bonchev–Trinajstić information content (AvgIpc) is 2.40. The zero-order valence-electron chi connectivity index (χ0n) is 12.4. The van der Waals surface area contributed by atoms with E-state index in [4.69, 9.17) is 0 Å². The Balaban J connectivity index is 2.48. The molecule has 0 aromatic heterocycles. The molecule has 0 aliphatic carbocycles. The largest absolute Gasteiger partial charge is 0.384 e. The van der Waals surface area contributed by atoms with Crippen LogP contribution in [0.4, 0.5) is 4.39 Å². The first-order valence-corrected chi connectivity index (χ1v) is 6.84. The lowest BCUT2D eigenvalue weighted by Crippen LogP contribution is -2.16. The number of aryl methyl sites for hydroxylation is 1. The van der Waals surface area contributed by atoms with Crippen molar-refractivity contribution in [2.75, 3.05) is 0 Å². The van der Waals surface area contributed by atoms with E-state index in [1.165, 1.54) is 6.07 Å². The Bertz CT molecular complexity index is 611. The van der Waals surface area contributed by atoms with Crippen LogP contribution in [-0.2, 0) is 5.41 Å². The van der Waals surface area contributed by atoms with Gasteiger partial charge in [0.15, 0.2) is 0 Å². The first-order valence-electron chi connectivity index (χ1n) is 6.84. The summed E-state index contributed by atoms with van der Waals surface area (Å²) in [6, 6.07) is 12.6. The van der Waals surface area contributed by atoms with Crippen molar-refractivity contribution in [1.82, 2.24) is 0 Å². The predicted octanol–water partition coefficient (Wildman–Crippen LogP) is 4.51. The van der Waals surface area contributed by atoms with Gasteiger partial charge in [-0.2, -0.15) is 0 Å². The van der Waals surface area contributed by atoms with Crippen LogP contribution in [0.1, 0.15) is 49.1 Å². The fourth-order valence-electron chi connectivity index (χ4n) is 2.44. The highest BCUT2D eigenvalue weighted by molar-refractivity contribution is 5.40. The van der Waals surface area contributed by atoms with Crippen LogP contribution in [0, 0.1) is 12.7 Å². The van der Waals surface area contributed by atoms with Gasteiger partial charge in [0.25, 0.3) is 0 Å². The summed E-state index contributed by atoms with van der Waals surface area (Å²) in [5, 5.41) is 10.6. The van der Waals surface area contributed by atoms with Gasteiger partial charge in [0.05, 0.1) is 0 Å². The van der Waals surface area contributed by atoms with Crippen molar-refractivity contribution in [2.45, 2.75) is 39.2 Å². The molecule has 0 spiro atoms. The van der Waals surface area contributed by atoms with Crippen LogP contribution in [0.25, 0.3) is 0 Å². The second kappa shape index (κ2) is 5.37. The van der Waals surface area contributed by atoms with E-state index in [2.05, 4.69) is 20.8 Å². The van der Waals surface area contributed by atoms with Gasteiger partial charge in [-0.3, -0.25) is 0 Å². The highest BCUT2D eigenvalue weighted by Gasteiger charge is 2.22. The van der Waals surface area contributed by atoms with Crippen LogP contribution in [0.15, 0.2) is 42.5 Å². The van der Waals surface area contributed by atoms with Crippen molar-refractivity contribution in [2.24, 2.45) is 0 Å². The van der Waals surface area contributed by atoms with Crippen LogP contribution >= 0.6 is 0 Å². The second-order valence-corrected chi connectivity index (χ2v) is 6.25. The molecule has 0 saturated carbocycles. The summed E-state index contributed by atoms with van der Waals surface area (Å²) >= 11 is 0. The van der Waals surface area contributed by atoms with Gasteiger partial charge < -0.3 is 5.11 Å². The standard InChI is InChI=1S/C18H21FO/c1-12-11-13(9-10-16(12)19)17(20)14-7-5-6-8-15(14)18(2,3)4/h5-11,17,20H,1-4H3. The molecule has 20 heavy (non-hydrogen) atoms. The molecule has 2 aromatic carbocycles. The number of rotatable bonds is 2. The van der Waals surface area contributed by atoms with Crippen molar-refractivity contribution < 1.29 is 9.50 Å². The highest BCUT2D eigenvalue weighted by Crippen LogP contribution is 2.32.